The Kier molecular flexibility index (Phi) is 4.85. The zero-order chi connectivity index (χ0) is 17.8. The van der Waals surface area contributed by atoms with E-state index in [1.807, 2.05) is 6.92 Å². The highest BCUT2D eigenvalue weighted by atomic mass is 35.5. The van der Waals surface area contributed by atoms with Crippen LogP contribution in [0.25, 0.3) is 5.95 Å². The quantitative estimate of drug-likeness (QED) is 0.692. The Balaban J connectivity index is 1.70. The molecule has 0 unspecified atom stereocenters. The van der Waals surface area contributed by atoms with Crippen molar-refractivity contribution in [3.8, 4) is 5.95 Å². The van der Waals surface area contributed by atoms with E-state index in [9.17, 15) is 4.79 Å². The van der Waals surface area contributed by atoms with Crippen LogP contribution in [0.3, 0.4) is 0 Å². The Morgan fingerprint density at radius 3 is 2.72 bits per heavy atom. The van der Waals surface area contributed by atoms with Gasteiger partial charge < -0.3 is 10.6 Å². The molecule has 0 fully saturated rings. The summed E-state index contributed by atoms with van der Waals surface area (Å²) < 4.78 is 1.47. The van der Waals surface area contributed by atoms with Gasteiger partial charge in [-0.25, -0.2) is 24.7 Å². The maximum absolute atomic E-state index is 12.2. The van der Waals surface area contributed by atoms with E-state index in [0.717, 1.165) is 5.56 Å². The molecule has 0 aliphatic rings. The van der Waals surface area contributed by atoms with Crippen LogP contribution >= 0.6 is 11.6 Å². The summed E-state index contributed by atoms with van der Waals surface area (Å²) >= 11 is 5.88. The molecule has 3 rings (SSSR count). The van der Waals surface area contributed by atoms with Crippen molar-refractivity contribution in [3.05, 3.63) is 53.6 Å². The number of aryl methyl sites for hydroxylation is 1. The lowest BCUT2D eigenvalue weighted by atomic mass is 10.3. The number of carbonyl (C=O) groups excluding carboxylic acids is 1. The molecule has 2 N–H and O–H groups in total. The largest absolute Gasteiger partial charge is 0.328 e. The number of nitrogens with one attached hydrogen (secondary N) is 2. The van der Waals surface area contributed by atoms with Crippen molar-refractivity contribution in [1.29, 1.82) is 0 Å². The lowest BCUT2D eigenvalue weighted by Gasteiger charge is -2.14. The van der Waals surface area contributed by atoms with Gasteiger partial charge in [-0.3, -0.25) is 0 Å². The monoisotopic (exact) mass is 358 g/mol. The highest BCUT2D eigenvalue weighted by Gasteiger charge is 2.18. The molecule has 2 amide bonds. The second-order valence-corrected chi connectivity index (χ2v) is 5.59. The third kappa shape index (κ3) is 3.89. The third-order valence-corrected chi connectivity index (χ3v) is 3.72. The van der Waals surface area contributed by atoms with E-state index in [-0.39, 0.29) is 0 Å². The standard InChI is InChI=1S/C15H15ClN8O/c1-9-6-11(7-19-12(9)16)23-15(25)22-10(2)13-20-8-21-24(13)14-17-4-3-5-18-14/h3-8,10H,1-2H3,(H2,22,23,25)/t10-/m0/s1. The molecular formula is C15H15ClN8O. The van der Waals surface area contributed by atoms with Crippen molar-refractivity contribution in [3.63, 3.8) is 0 Å². The summed E-state index contributed by atoms with van der Waals surface area (Å²) in [5.74, 6) is 0.883. The first-order valence-electron chi connectivity index (χ1n) is 7.41. The van der Waals surface area contributed by atoms with Gasteiger partial charge in [-0.2, -0.15) is 9.78 Å². The highest BCUT2D eigenvalue weighted by molar-refractivity contribution is 6.30. The number of carbonyl (C=O) groups is 1. The molecule has 0 aliphatic carbocycles. The number of hydrogen-bond acceptors (Lipinski definition) is 6. The molecule has 0 aromatic carbocycles. The predicted molar refractivity (Wildman–Crippen MR) is 91.5 cm³/mol. The van der Waals surface area contributed by atoms with Gasteiger partial charge >= 0.3 is 6.03 Å². The van der Waals surface area contributed by atoms with Crippen LogP contribution in [0.4, 0.5) is 10.5 Å². The first-order chi connectivity index (χ1) is 12.0. The molecule has 1 atom stereocenters. The minimum atomic E-state index is -0.423. The Labute approximate surface area is 148 Å². The second-order valence-electron chi connectivity index (χ2n) is 5.23. The number of anilines is 1. The smallest absolute Gasteiger partial charge is 0.319 e. The Morgan fingerprint density at radius 1 is 1.24 bits per heavy atom. The Bertz CT molecular complexity index is 882. The van der Waals surface area contributed by atoms with Crippen LogP contribution in [0.5, 0.6) is 0 Å². The summed E-state index contributed by atoms with van der Waals surface area (Å²) in [6, 6.07) is 2.62. The molecule has 9 nitrogen and oxygen atoms in total. The fourth-order valence-electron chi connectivity index (χ4n) is 2.16. The molecule has 0 spiro atoms. The van der Waals surface area contributed by atoms with E-state index >= 15 is 0 Å². The van der Waals surface area contributed by atoms with Gasteiger partial charge in [0.2, 0.25) is 0 Å². The van der Waals surface area contributed by atoms with Crippen molar-refractivity contribution in [2.24, 2.45) is 0 Å². The number of aromatic nitrogens is 6. The zero-order valence-corrected chi connectivity index (χ0v) is 14.3. The van der Waals surface area contributed by atoms with E-state index in [1.165, 1.54) is 17.2 Å². The number of hydrogen-bond donors (Lipinski definition) is 2. The molecule has 128 valence electrons. The van der Waals surface area contributed by atoms with E-state index in [4.69, 9.17) is 11.6 Å². The minimum Gasteiger partial charge on any atom is -0.328 e. The molecule has 3 heterocycles. The van der Waals surface area contributed by atoms with Crippen LogP contribution < -0.4 is 10.6 Å². The van der Waals surface area contributed by atoms with Gasteiger partial charge in [0, 0.05) is 12.4 Å². The van der Waals surface area contributed by atoms with E-state index in [0.29, 0.717) is 22.6 Å². The third-order valence-electron chi connectivity index (χ3n) is 3.32. The van der Waals surface area contributed by atoms with Crippen molar-refractivity contribution in [2.45, 2.75) is 19.9 Å². The molecule has 3 aromatic rings. The highest BCUT2D eigenvalue weighted by Crippen LogP contribution is 2.16. The fraction of sp³-hybridized carbons (Fsp3) is 0.200. The molecule has 25 heavy (non-hydrogen) atoms. The van der Waals surface area contributed by atoms with Crippen molar-refractivity contribution in [2.75, 3.05) is 5.32 Å². The van der Waals surface area contributed by atoms with Gasteiger partial charge in [0.15, 0.2) is 5.82 Å². The topological polar surface area (TPSA) is 111 Å². The molecule has 0 aliphatic heterocycles. The molecule has 10 heteroatoms. The SMILES string of the molecule is Cc1cc(NC(=O)N[C@@H](C)c2ncnn2-c2ncccn2)cnc1Cl. The number of nitrogens with zero attached hydrogens (tertiary/aromatic N) is 6. The lowest BCUT2D eigenvalue weighted by Crippen LogP contribution is -2.32. The van der Waals surface area contributed by atoms with Gasteiger partial charge in [-0.05, 0) is 31.5 Å². The van der Waals surface area contributed by atoms with Crippen LogP contribution in [0.15, 0.2) is 37.1 Å². The molecule has 0 bridgehead atoms. The van der Waals surface area contributed by atoms with E-state index < -0.39 is 12.1 Å². The lowest BCUT2D eigenvalue weighted by molar-refractivity contribution is 0.248. The van der Waals surface area contributed by atoms with Crippen molar-refractivity contribution in [1.82, 2.24) is 35.0 Å². The average molecular weight is 359 g/mol. The summed E-state index contributed by atoms with van der Waals surface area (Å²) in [5.41, 5.74) is 1.31. The summed E-state index contributed by atoms with van der Waals surface area (Å²) in [7, 11) is 0. The van der Waals surface area contributed by atoms with Crippen molar-refractivity contribution < 1.29 is 4.79 Å². The molecular weight excluding hydrogens is 344 g/mol. The first-order valence-corrected chi connectivity index (χ1v) is 7.79. The Morgan fingerprint density at radius 2 is 2.00 bits per heavy atom. The fourth-order valence-corrected chi connectivity index (χ4v) is 2.26. The van der Waals surface area contributed by atoms with E-state index in [1.54, 1.807) is 31.5 Å². The molecule has 0 saturated carbocycles. The van der Waals surface area contributed by atoms with Crippen LogP contribution in [0.2, 0.25) is 5.15 Å². The maximum atomic E-state index is 12.2. The molecule has 0 saturated heterocycles. The number of rotatable bonds is 4. The van der Waals surface area contributed by atoms with Crippen molar-refractivity contribution >= 4 is 23.3 Å². The van der Waals surface area contributed by atoms with Crippen LogP contribution in [0.1, 0.15) is 24.4 Å². The maximum Gasteiger partial charge on any atom is 0.319 e. The first kappa shape index (κ1) is 16.8. The van der Waals surface area contributed by atoms with Gasteiger partial charge in [0.1, 0.15) is 11.5 Å². The van der Waals surface area contributed by atoms with E-state index in [2.05, 4.69) is 35.7 Å². The summed E-state index contributed by atoms with van der Waals surface area (Å²) in [4.78, 5) is 28.6. The number of urea groups is 1. The molecule has 0 radical (unpaired) electrons. The summed E-state index contributed by atoms with van der Waals surface area (Å²) in [6.45, 7) is 3.60. The predicted octanol–water partition coefficient (Wildman–Crippen LogP) is 2.30. The number of amides is 2. The second kappa shape index (κ2) is 7.22. The zero-order valence-electron chi connectivity index (χ0n) is 13.5. The van der Waals surface area contributed by atoms with Gasteiger partial charge in [0.25, 0.3) is 5.95 Å². The average Bonchev–Trinajstić information content (AvgIpc) is 3.09. The van der Waals surface area contributed by atoms with Crippen LogP contribution in [0, 0.1) is 6.92 Å². The summed E-state index contributed by atoms with van der Waals surface area (Å²) in [6.07, 6.45) is 6.08. The van der Waals surface area contributed by atoms with Gasteiger partial charge in [-0.1, -0.05) is 11.6 Å². The van der Waals surface area contributed by atoms with Gasteiger partial charge in [-0.15, -0.1) is 0 Å². The van der Waals surface area contributed by atoms with Crippen LogP contribution in [-0.4, -0.2) is 35.7 Å². The van der Waals surface area contributed by atoms with Gasteiger partial charge in [0.05, 0.1) is 17.9 Å². The number of pyridine rings is 1. The molecule has 3 aromatic heterocycles. The minimum absolute atomic E-state index is 0.376. The normalized spacial score (nSPS) is 11.8. The Hall–Kier alpha value is -3.07. The summed E-state index contributed by atoms with van der Waals surface area (Å²) in [5, 5.41) is 9.99. The number of halogens is 1. The van der Waals surface area contributed by atoms with Crippen LogP contribution in [-0.2, 0) is 0 Å².